The van der Waals surface area contributed by atoms with Crippen molar-refractivity contribution < 1.29 is 0 Å². The van der Waals surface area contributed by atoms with Gasteiger partial charge in [0.1, 0.15) is 5.82 Å². The summed E-state index contributed by atoms with van der Waals surface area (Å²) in [5, 5.41) is 0. The van der Waals surface area contributed by atoms with Crippen LogP contribution in [0.2, 0.25) is 0 Å². The number of piperazine rings is 1. The van der Waals surface area contributed by atoms with E-state index in [0.29, 0.717) is 0 Å². The summed E-state index contributed by atoms with van der Waals surface area (Å²) in [7, 11) is 0. The maximum absolute atomic E-state index is 4.54. The molecule has 5 nitrogen and oxygen atoms in total. The Labute approximate surface area is 119 Å². The van der Waals surface area contributed by atoms with Gasteiger partial charge in [-0.25, -0.2) is 15.0 Å². The molecule has 0 aliphatic carbocycles. The average molecular weight is 269 g/mol. The van der Waals surface area contributed by atoms with E-state index >= 15 is 0 Å². The molecule has 0 unspecified atom stereocenters. The van der Waals surface area contributed by atoms with Gasteiger partial charge < -0.3 is 9.80 Å². The minimum atomic E-state index is 0.850. The number of hydrogen-bond acceptors (Lipinski definition) is 5. The average Bonchev–Trinajstić information content (AvgIpc) is 2.47. The molecule has 5 heteroatoms. The Kier molecular flexibility index (Phi) is 3.50. The van der Waals surface area contributed by atoms with Crippen molar-refractivity contribution in [1.82, 2.24) is 15.0 Å². The lowest BCUT2D eigenvalue weighted by atomic mass is 10.3. The van der Waals surface area contributed by atoms with E-state index in [1.807, 2.05) is 38.2 Å². The Morgan fingerprint density at radius 1 is 0.900 bits per heavy atom. The number of rotatable bonds is 2. The molecule has 3 heterocycles. The molecule has 1 aliphatic heterocycles. The fourth-order valence-electron chi connectivity index (χ4n) is 2.53. The number of aromatic nitrogens is 3. The Hall–Kier alpha value is -2.17. The quantitative estimate of drug-likeness (QED) is 0.832. The maximum atomic E-state index is 4.54. The van der Waals surface area contributed by atoms with E-state index in [4.69, 9.17) is 0 Å². The Balaban J connectivity index is 1.69. The highest BCUT2D eigenvalue weighted by molar-refractivity contribution is 5.42. The number of hydrogen-bond donors (Lipinski definition) is 0. The molecule has 2 aromatic rings. The van der Waals surface area contributed by atoms with Crippen molar-refractivity contribution in [2.45, 2.75) is 13.8 Å². The summed E-state index contributed by atoms with van der Waals surface area (Å²) in [5.41, 5.74) is 2.05. The number of aryl methyl sites for hydroxylation is 2. The second kappa shape index (κ2) is 5.45. The zero-order valence-corrected chi connectivity index (χ0v) is 12.0. The topological polar surface area (TPSA) is 45.2 Å². The smallest absolute Gasteiger partial charge is 0.225 e. The standard InChI is InChI=1S/C15H19N5/c1-12-11-13(2)18-15(17-12)20-9-7-19(8-10-20)14-5-3-4-6-16-14/h3-6,11H,7-10H2,1-2H3. The summed E-state index contributed by atoms with van der Waals surface area (Å²) in [6, 6.07) is 8.04. The van der Waals surface area contributed by atoms with Crippen LogP contribution in [-0.2, 0) is 0 Å². The van der Waals surface area contributed by atoms with Crippen LogP contribution in [0.5, 0.6) is 0 Å². The minimum Gasteiger partial charge on any atom is -0.353 e. The summed E-state index contributed by atoms with van der Waals surface area (Å²) in [6.07, 6.45) is 1.84. The molecular weight excluding hydrogens is 250 g/mol. The van der Waals surface area contributed by atoms with E-state index in [2.05, 4.69) is 30.8 Å². The van der Waals surface area contributed by atoms with Crippen LogP contribution >= 0.6 is 0 Å². The van der Waals surface area contributed by atoms with E-state index in [-0.39, 0.29) is 0 Å². The summed E-state index contributed by atoms with van der Waals surface area (Å²) in [6.45, 7) is 7.80. The highest BCUT2D eigenvalue weighted by Gasteiger charge is 2.19. The first kappa shape index (κ1) is 12.8. The van der Waals surface area contributed by atoms with E-state index in [9.17, 15) is 0 Å². The third-order valence-electron chi connectivity index (χ3n) is 3.51. The molecule has 1 saturated heterocycles. The molecule has 0 N–H and O–H groups in total. The van der Waals surface area contributed by atoms with E-state index in [1.54, 1.807) is 0 Å². The van der Waals surface area contributed by atoms with Crippen molar-refractivity contribution in [2.75, 3.05) is 36.0 Å². The number of nitrogens with zero attached hydrogens (tertiary/aromatic N) is 5. The van der Waals surface area contributed by atoms with E-state index in [0.717, 1.165) is 49.3 Å². The molecule has 0 atom stereocenters. The van der Waals surface area contributed by atoms with Crippen molar-refractivity contribution in [3.63, 3.8) is 0 Å². The summed E-state index contributed by atoms with van der Waals surface area (Å²) < 4.78 is 0. The highest BCUT2D eigenvalue weighted by atomic mass is 15.3. The van der Waals surface area contributed by atoms with Crippen molar-refractivity contribution in [1.29, 1.82) is 0 Å². The number of pyridine rings is 1. The molecule has 2 aromatic heterocycles. The van der Waals surface area contributed by atoms with Crippen molar-refractivity contribution >= 4 is 11.8 Å². The van der Waals surface area contributed by atoms with Crippen LogP contribution in [0.1, 0.15) is 11.4 Å². The fourth-order valence-corrected chi connectivity index (χ4v) is 2.53. The third kappa shape index (κ3) is 2.71. The van der Waals surface area contributed by atoms with Gasteiger partial charge in [-0.15, -0.1) is 0 Å². The molecule has 1 aliphatic rings. The molecule has 0 spiro atoms. The lowest BCUT2D eigenvalue weighted by Crippen LogP contribution is -2.47. The maximum Gasteiger partial charge on any atom is 0.225 e. The van der Waals surface area contributed by atoms with Crippen LogP contribution in [0.3, 0.4) is 0 Å². The normalized spacial score (nSPS) is 15.5. The molecular formula is C15H19N5. The monoisotopic (exact) mass is 269 g/mol. The van der Waals surface area contributed by atoms with Gasteiger partial charge in [0.2, 0.25) is 5.95 Å². The molecule has 20 heavy (non-hydrogen) atoms. The molecule has 104 valence electrons. The van der Waals surface area contributed by atoms with Gasteiger partial charge in [0, 0.05) is 43.8 Å². The third-order valence-corrected chi connectivity index (χ3v) is 3.51. The van der Waals surface area contributed by atoms with Crippen LogP contribution in [0, 0.1) is 13.8 Å². The molecule has 3 rings (SSSR count). The van der Waals surface area contributed by atoms with Gasteiger partial charge in [-0.3, -0.25) is 0 Å². The van der Waals surface area contributed by atoms with E-state index in [1.165, 1.54) is 0 Å². The molecule has 0 radical (unpaired) electrons. The van der Waals surface area contributed by atoms with Crippen LogP contribution in [0.25, 0.3) is 0 Å². The summed E-state index contributed by atoms with van der Waals surface area (Å²) in [4.78, 5) is 18.0. The van der Waals surface area contributed by atoms with Gasteiger partial charge in [-0.05, 0) is 32.0 Å². The molecule has 0 amide bonds. The second-order valence-electron chi connectivity index (χ2n) is 5.11. The molecule has 0 bridgehead atoms. The van der Waals surface area contributed by atoms with Crippen LogP contribution < -0.4 is 9.80 Å². The van der Waals surface area contributed by atoms with Crippen LogP contribution in [-0.4, -0.2) is 41.1 Å². The SMILES string of the molecule is Cc1cc(C)nc(N2CCN(c3ccccn3)CC2)n1. The Morgan fingerprint density at radius 2 is 1.55 bits per heavy atom. The van der Waals surface area contributed by atoms with Crippen molar-refractivity contribution in [3.8, 4) is 0 Å². The Morgan fingerprint density at radius 3 is 2.15 bits per heavy atom. The van der Waals surface area contributed by atoms with Gasteiger partial charge >= 0.3 is 0 Å². The largest absolute Gasteiger partial charge is 0.353 e. The predicted octanol–water partition coefficient (Wildman–Crippen LogP) is 1.82. The first-order valence-electron chi connectivity index (χ1n) is 6.95. The second-order valence-corrected chi connectivity index (χ2v) is 5.11. The van der Waals surface area contributed by atoms with Gasteiger partial charge in [-0.1, -0.05) is 6.07 Å². The van der Waals surface area contributed by atoms with Gasteiger partial charge in [0.25, 0.3) is 0 Å². The van der Waals surface area contributed by atoms with E-state index < -0.39 is 0 Å². The minimum absolute atomic E-state index is 0.850. The zero-order chi connectivity index (χ0) is 13.9. The fraction of sp³-hybridized carbons (Fsp3) is 0.400. The van der Waals surface area contributed by atoms with Crippen LogP contribution in [0.15, 0.2) is 30.5 Å². The first-order valence-corrected chi connectivity index (χ1v) is 6.95. The number of anilines is 2. The molecule has 0 saturated carbocycles. The lowest BCUT2D eigenvalue weighted by molar-refractivity contribution is 0.633. The van der Waals surface area contributed by atoms with Crippen molar-refractivity contribution in [3.05, 3.63) is 41.9 Å². The first-order chi connectivity index (χ1) is 9.72. The molecule has 1 fully saturated rings. The highest BCUT2D eigenvalue weighted by Crippen LogP contribution is 2.16. The van der Waals surface area contributed by atoms with Crippen LogP contribution in [0.4, 0.5) is 11.8 Å². The summed E-state index contributed by atoms with van der Waals surface area (Å²) in [5.74, 6) is 1.90. The van der Waals surface area contributed by atoms with Gasteiger partial charge in [0.15, 0.2) is 0 Å². The van der Waals surface area contributed by atoms with Gasteiger partial charge in [0.05, 0.1) is 0 Å². The summed E-state index contributed by atoms with van der Waals surface area (Å²) >= 11 is 0. The van der Waals surface area contributed by atoms with Gasteiger partial charge in [-0.2, -0.15) is 0 Å². The molecule has 0 aromatic carbocycles. The van der Waals surface area contributed by atoms with Crippen molar-refractivity contribution in [2.24, 2.45) is 0 Å². The zero-order valence-electron chi connectivity index (χ0n) is 12.0. The predicted molar refractivity (Wildman–Crippen MR) is 80.2 cm³/mol. The lowest BCUT2D eigenvalue weighted by Gasteiger charge is -2.35. The Bertz CT molecular complexity index is 556.